The average molecular weight is 172 g/mol. The summed E-state index contributed by atoms with van der Waals surface area (Å²) in [6.07, 6.45) is -6.83. The summed E-state index contributed by atoms with van der Waals surface area (Å²) in [5, 5.41) is 0. The molecule has 0 spiro atoms. The van der Waals surface area contributed by atoms with E-state index in [2.05, 4.69) is 11.3 Å². The molecule has 0 N–H and O–H groups in total. The second-order valence-corrected chi connectivity index (χ2v) is 1.77. The van der Waals surface area contributed by atoms with Crippen LogP contribution in [0.4, 0.5) is 17.6 Å². The van der Waals surface area contributed by atoms with Crippen LogP contribution in [0.2, 0.25) is 0 Å². The maximum atomic E-state index is 12.2. The van der Waals surface area contributed by atoms with Crippen LogP contribution in [0, 0.1) is 0 Å². The van der Waals surface area contributed by atoms with E-state index < -0.39 is 25.4 Å². The Balaban J connectivity index is 3.90. The van der Waals surface area contributed by atoms with Crippen LogP contribution in [-0.4, -0.2) is 25.4 Å². The fourth-order valence-corrected chi connectivity index (χ4v) is 0.482. The molecule has 0 aliphatic rings. The Morgan fingerprint density at radius 3 is 2.18 bits per heavy atom. The van der Waals surface area contributed by atoms with Crippen molar-refractivity contribution in [2.75, 3.05) is 6.67 Å². The van der Waals surface area contributed by atoms with E-state index in [1.807, 2.05) is 0 Å². The molecule has 0 aromatic rings. The van der Waals surface area contributed by atoms with Gasteiger partial charge in [0.1, 0.15) is 6.67 Å². The molecule has 66 valence electrons. The smallest absolute Gasteiger partial charge is 0.273 e. The van der Waals surface area contributed by atoms with Crippen molar-refractivity contribution in [1.82, 2.24) is 0 Å². The summed E-state index contributed by atoms with van der Waals surface area (Å²) in [6.45, 7) is 1.70. The van der Waals surface area contributed by atoms with Crippen LogP contribution in [0.15, 0.2) is 12.8 Å². The highest BCUT2D eigenvalue weighted by Gasteiger charge is 2.30. The molecule has 5 heteroatoms. The van der Waals surface area contributed by atoms with Gasteiger partial charge in [0, 0.05) is 0 Å². The van der Waals surface area contributed by atoms with Gasteiger partial charge in [0.2, 0.25) is 0 Å². The molecule has 0 saturated carbocycles. The van der Waals surface area contributed by atoms with Gasteiger partial charge in [-0.1, -0.05) is 6.58 Å². The van der Waals surface area contributed by atoms with E-state index in [-0.39, 0.29) is 0 Å². The van der Waals surface area contributed by atoms with E-state index in [0.717, 1.165) is 6.26 Å². The van der Waals surface area contributed by atoms with Gasteiger partial charge in [0.05, 0.1) is 6.26 Å². The maximum Gasteiger partial charge on any atom is 0.273 e. The predicted molar refractivity (Wildman–Crippen MR) is 31.9 cm³/mol. The summed E-state index contributed by atoms with van der Waals surface area (Å²) in [5.41, 5.74) is 0. The lowest BCUT2D eigenvalue weighted by atomic mass is 10.2. The van der Waals surface area contributed by atoms with Gasteiger partial charge in [-0.05, 0) is 0 Å². The van der Waals surface area contributed by atoms with Gasteiger partial charge >= 0.3 is 0 Å². The first-order valence-corrected chi connectivity index (χ1v) is 2.88. The maximum absolute atomic E-state index is 12.2. The lowest BCUT2D eigenvalue weighted by Gasteiger charge is -2.16. The number of rotatable bonds is 5. The molecule has 2 atom stereocenters. The Hall–Kier alpha value is -0.740. The van der Waals surface area contributed by atoms with Crippen molar-refractivity contribution < 1.29 is 22.3 Å². The second kappa shape index (κ2) is 4.98. The largest absolute Gasteiger partial charge is 0.493 e. The van der Waals surface area contributed by atoms with Gasteiger partial charge in [0.25, 0.3) is 6.43 Å². The Kier molecular flexibility index (Phi) is 4.65. The summed E-state index contributed by atoms with van der Waals surface area (Å²) in [4.78, 5) is 0. The third kappa shape index (κ3) is 3.25. The van der Waals surface area contributed by atoms with Crippen molar-refractivity contribution in [3.05, 3.63) is 12.8 Å². The molecule has 0 amide bonds. The van der Waals surface area contributed by atoms with Gasteiger partial charge in [0.15, 0.2) is 12.3 Å². The summed E-state index contributed by atoms with van der Waals surface area (Å²) in [5.74, 6) is 0. The van der Waals surface area contributed by atoms with Crippen LogP contribution in [0.25, 0.3) is 0 Å². The van der Waals surface area contributed by atoms with Gasteiger partial charge in [-0.15, -0.1) is 0 Å². The first-order chi connectivity index (χ1) is 5.13. The number of ether oxygens (including phenoxy) is 1. The van der Waals surface area contributed by atoms with Gasteiger partial charge < -0.3 is 4.74 Å². The normalized spacial score (nSPS) is 16.1. The molecule has 0 fully saturated rings. The molecule has 0 bridgehead atoms. The van der Waals surface area contributed by atoms with Crippen LogP contribution < -0.4 is 0 Å². The number of hydrogen-bond acceptors (Lipinski definition) is 1. The van der Waals surface area contributed by atoms with Gasteiger partial charge in [-0.25, -0.2) is 17.6 Å². The molecule has 0 aromatic heterocycles. The summed E-state index contributed by atoms with van der Waals surface area (Å²) in [6, 6.07) is 0. The zero-order valence-electron chi connectivity index (χ0n) is 5.64. The molecule has 0 rings (SSSR count). The third-order valence-electron chi connectivity index (χ3n) is 1.02. The molecule has 0 aromatic carbocycles. The van der Waals surface area contributed by atoms with E-state index in [0.29, 0.717) is 0 Å². The predicted octanol–water partition coefficient (Wildman–Crippen LogP) is 2.09. The van der Waals surface area contributed by atoms with Crippen molar-refractivity contribution in [3.8, 4) is 0 Å². The van der Waals surface area contributed by atoms with E-state index >= 15 is 0 Å². The third-order valence-corrected chi connectivity index (χ3v) is 1.02. The first kappa shape index (κ1) is 10.3. The second-order valence-electron chi connectivity index (χ2n) is 1.77. The van der Waals surface area contributed by atoms with E-state index in [1.54, 1.807) is 0 Å². The summed E-state index contributed by atoms with van der Waals surface area (Å²) in [7, 11) is 0. The van der Waals surface area contributed by atoms with Crippen LogP contribution in [0.5, 0.6) is 0 Å². The first-order valence-electron chi connectivity index (χ1n) is 2.88. The Labute approximate surface area is 61.7 Å². The minimum Gasteiger partial charge on any atom is -0.493 e. The van der Waals surface area contributed by atoms with Crippen LogP contribution >= 0.6 is 0 Å². The zero-order valence-corrected chi connectivity index (χ0v) is 5.64. The number of hydrogen-bond donors (Lipinski definition) is 0. The Bertz CT molecular complexity index is 117. The zero-order chi connectivity index (χ0) is 8.85. The molecular weight excluding hydrogens is 164 g/mol. The minimum atomic E-state index is -3.23. The van der Waals surface area contributed by atoms with Crippen molar-refractivity contribution >= 4 is 0 Å². The summed E-state index contributed by atoms with van der Waals surface area (Å²) < 4.78 is 51.1. The average Bonchev–Trinajstić information content (AvgIpc) is 1.98. The minimum absolute atomic E-state index is 0.735. The van der Waals surface area contributed by atoms with Crippen LogP contribution in [0.1, 0.15) is 0 Å². The van der Waals surface area contributed by atoms with E-state index in [9.17, 15) is 17.6 Å². The van der Waals surface area contributed by atoms with Crippen LogP contribution in [0.3, 0.4) is 0 Å². The van der Waals surface area contributed by atoms with Gasteiger partial charge in [-0.3, -0.25) is 0 Å². The highest BCUT2D eigenvalue weighted by Crippen LogP contribution is 2.13. The molecule has 1 nitrogen and oxygen atoms in total. The van der Waals surface area contributed by atoms with Crippen LogP contribution in [-0.2, 0) is 4.74 Å². The Morgan fingerprint density at radius 1 is 1.36 bits per heavy atom. The van der Waals surface area contributed by atoms with Crippen molar-refractivity contribution in [2.24, 2.45) is 0 Å². The SMILES string of the molecule is C=COC(CF)C(F)C(F)F. The monoisotopic (exact) mass is 172 g/mol. The number of halogens is 4. The topological polar surface area (TPSA) is 9.23 Å². The van der Waals surface area contributed by atoms with Gasteiger partial charge in [-0.2, -0.15) is 0 Å². The molecule has 11 heavy (non-hydrogen) atoms. The molecule has 2 unspecified atom stereocenters. The lowest BCUT2D eigenvalue weighted by Crippen LogP contribution is -2.31. The lowest BCUT2D eigenvalue weighted by molar-refractivity contribution is -0.0427. The quantitative estimate of drug-likeness (QED) is 0.455. The van der Waals surface area contributed by atoms with Crippen molar-refractivity contribution in [3.63, 3.8) is 0 Å². The highest BCUT2D eigenvalue weighted by molar-refractivity contribution is 4.73. The summed E-state index contributed by atoms with van der Waals surface area (Å²) >= 11 is 0. The molecular formula is C6H8F4O. The molecule has 0 saturated heterocycles. The highest BCUT2D eigenvalue weighted by atomic mass is 19.3. The number of alkyl halides is 4. The van der Waals surface area contributed by atoms with E-state index in [4.69, 9.17) is 0 Å². The fourth-order valence-electron chi connectivity index (χ4n) is 0.482. The van der Waals surface area contributed by atoms with Crippen molar-refractivity contribution in [1.29, 1.82) is 0 Å². The van der Waals surface area contributed by atoms with Crippen molar-refractivity contribution in [2.45, 2.75) is 18.7 Å². The molecule has 0 aliphatic carbocycles. The fraction of sp³-hybridized carbons (Fsp3) is 0.667. The molecule has 0 radical (unpaired) electrons. The molecule has 0 aliphatic heterocycles. The van der Waals surface area contributed by atoms with E-state index in [1.165, 1.54) is 0 Å². The Morgan fingerprint density at radius 2 is 1.91 bits per heavy atom. The molecule has 0 heterocycles. The standard InChI is InChI=1S/C6H8F4O/c1-2-11-4(3-7)5(8)6(9)10/h2,4-6H,1,3H2.